The summed E-state index contributed by atoms with van der Waals surface area (Å²) in [5, 5.41) is 5.99. The molecule has 0 fully saturated rings. The summed E-state index contributed by atoms with van der Waals surface area (Å²) in [6.45, 7) is 3.43. The number of carbonyl (C=O) groups excluding carboxylic acids is 1. The SMILES string of the molecule is Cc1cnc(NC(=O)NCCOCc2ccccc2)s1. The molecule has 0 aliphatic heterocycles. The molecule has 0 bridgehead atoms. The molecule has 0 radical (unpaired) electrons. The average molecular weight is 291 g/mol. The van der Waals surface area contributed by atoms with Gasteiger partial charge in [-0.15, -0.1) is 11.3 Å². The van der Waals surface area contributed by atoms with Crippen LogP contribution in [0, 0.1) is 6.92 Å². The third kappa shape index (κ3) is 4.99. The van der Waals surface area contributed by atoms with Crippen molar-refractivity contribution < 1.29 is 9.53 Å². The lowest BCUT2D eigenvalue weighted by Gasteiger charge is -2.06. The normalized spacial score (nSPS) is 10.2. The van der Waals surface area contributed by atoms with E-state index in [9.17, 15) is 4.79 Å². The fourth-order valence-corrected chi connectivity index (χ4v) is 2.21. The van der Waals surface area contributed by atoms with Crippen molar-refractivity contribution in [3.63, 3.8) is 0 Å². The molecule has 0 aliphatic rings. The van der Waals surface area contributed by atoms with E-state index in [0.29, 0.717) is 24.9 Å². The number of carbonyl (C=O) groups is 1. The Balaban J connectivity index is 1.58. The highest BCUT2D eigenvalue weighted by Gasteiger charge is 2.03. The zero-order chi connectivity index (χ0) is 14.2. The number of benzene rings is 1. The Morgan fingerprint density at radius 3 is 2.85 bits per heavy atom. The van der Waals surface area contributed by atoms with Gasteiger partial charge >= 0.3 is 6.03 Å². The number of thiazole rings is 1. The first-order chi connectivity index (χ1) is 9.74. The Labute approximate surface area is 122 Å². The summed E-state index contributed by atoms with van der Waals surface area (Å²) in [5.41, 5.74) is 1.12. The average Bonchev–Trinajstić information content (AvgIpc) is 2.85. The number of hydrogen-bond acceptors (Lipinski definition) is 4. The van der Waals surface area contributed by atoms with E-state index in [0.717, 1.165) is 10.4 Å². The third-order valence-electron chi connectivity index (χ3n) is 2.49. The van der Waals surface area contributed by atoms with Crippen LogP contribution in [0.3, 0.4) is 0 Å². The maximum Gasteiger partial charge on any atom is 0.321 e. The molecule has 2 N–H and O–H groups in total. The zero-order valence-corrected chi connectivity index (χ0v) is 12.1. The number of amides is 2. The van der Waals surface area contributed by atoms with Crippen molar-refractivity contribution in [2.24, 2.45) is 0 Å². The van der Waals surface area contributed by atoms with Crippen molar-refractivity contribution >= 4 is 22.5 Å². The number of rotatable bonds is 6. The fourth-order valence-electron chi connectivity index (χ4n) is 1.55. The van der Waals surface area contributed by atoms with Crippen LogP contribution in [0.4, 0.5) is 9.93 Å². The molecule has 0 unspecified atom stereocenters. The predicted molar refractivity (Wildman–Crippen MR) is 80.0 cm³/mol. The monoisotopic (exact) mass is 291 g/mol. The van der Waals surface area contributed by atoms with Crippen molar-refractivity contribution in [2.75, 3.05) is 18.5 Å². The summed E-state index contributed by atoms with van der Waals surface area (Å²) in [4.78, 5) is 16.7. The second-order valence-electron chi connectivity index (χ2n) is 4.20. The van der Waals surface area contributed by atoms with Gasteiger partial charge in [0.2, 0.25) is 0 Å². The van der Waals surface area contributed by atoms with Gasteiger partial charge in [0, 0.05) is 17.6 Å². The number of aromatic nitrogens is 1. The molecule has 1 heterocycles. The highest BCUT2D eigenvalue weighted by Crippen LogP contribution is 2.15. The summed E-state index contributed by atoms with van der Waals surface area (Å²) in [5.74, 6) is 0. The Hall–Kier alpha value is -1.92. The molecule has 0 saturated carbocycles. The van der Waals surface area contributed by atoms with Crippen LogP contribution in [0.2, 0.25) is 0 Å². The molecule has 2 amide bonds. The topological polar surface area (TPSA) is 63.2 Å². The van der Waals surface area contributed by atoms with Crippen molar-refractivity contribution in [3.8, 4) is 0 Å². The molecule has 6 heteroatoms. The van der Waals surface area contributed by atoms with E-state index < -0.39 is 0 Å². The molecule has 2 rings (SSSR count). The number of hydrogen-bond donors (Lipinski definition) is 2. The largest absolute Gasteiger partial charge is 0.375 e. The molecular formula is C14H17N3O2S. The highest BCUT2D eigenvalue weighted by molar-refractivity contribution is 7.15. The van der Waals surface area contributed by atoms with E-state index in [1.54, 1.807) is 6.20 Å². The minimum absolute atomic E-state index is 0.261. The van der Waals surface area contributed by atoms with E-state index in [1.165, 1.54) is 11.3 Å². The van der Waals surface area contributed by atoms with Gasteiger partial charge in [-0.05, 0) is 12.5 Å². The maximum atomic E-state index is 11.5. The van der Waals surface area contributed by atoms with E-state index >= 15 is 0 Å². The van der Waals surface area contributed by atoms with Gasteiger partial charge in [-0.25, -0.2) is 9.78 Å². The van der Waals surface area contributed by atoms with E-state index in [-0.39, 0.29) is 6.03 Å². The van der Waals surface area contributed by atoms with Gasteiger partial charge in [0.1, 0.15) is 0 Å². The van der Waals surface area contributed by atoms with Gasteiger partial charge in [0.25, 0.3) is 0 Å². The summed E-state index contributed by atoms with van der Waals surface area (Å²) in [7, 11) is 0. The van der Waals surface area contributed by atoms with Gasteiger partial charge in [-0.3, -0.25) is 5.32 Å². The van der Waals surface area contributed by atoms with Crippen LogP contribution in [0.15, 0.2) is 36.5 Å². The van der Waals surface area contributed by atoms with Crippen molar-refractivity contribution in [2.45, 2.75) is 13.5 Å². The minimum atomic E-state index is -0.261. The summed E-state index contributed by atoms with van der Waals surface area (Å²) in [6, 6.07) is 9.66. The minimum Gasteiger partial charge on any atom is -0.375 e. The van der Waals surface area contributed by atoms with Gasteiger partial charge in [-0.1, -0.05) is 30.3 Å². The summed E-state index contributed by atoms with van der Waals surface area (Å²) in [6.07, 6.45) is 1.73. The Kier molecular flexibility index (Phi) is 5.52. The number of anilines is 1. The molecule has 0 saturated heterocycles. The molecule has 0 spiro atoms. The molecule has 1 aromatic heterocycles. The number of aryl methyl sites for hydroxylation is 1. The van der Waals surface area contributed by atoms with Gasteiger partial charge in [-0.2, -0.15) is 0 Å². The lowest BCUT2D eigenvalue weighted by Crippen LogP contribution is -2.31. The zero-order valence-electron chi connectivity index (χ0n) is 11.3. The fraction of sp³-hybridized carbons (Fsp3) is 0.286. The van der Waals surface area contributed by atoms with Crippen molar-refractivity contribution in [1.82, 2.24) is 10.3 Å². The molecule has 1 aromatic carbocycles. The smallest absolute Gasteiger partial charge is 0.321 e. The first-order valence-electron chi connectivity index (χ1n) is 6.33. The van der Waals surface area contributed by atoms with Crippen LogP contribution in [0.5, 0.6) is 0 Å². The molecule has 0 aliphatic carbocycles. The molecular weight excluding hydrogens is 274 g/mol. The first-order valence-corrected chi connectivity index (χ1v) is 7.14. The second kappa shape index (κ2) is 7.62. The Bertz CT molecular complexity index is 542. The second-order valence-corrected chi connectivity index (χ2v) is 5.43. The van der Waals surface area contributed by atoms with Crippen molar-refractivity contribution in [1.29, 1.82) is 0 Å². The van der Waals surface area contributed by atoms with E-state index in [2.05, 4.69) is 15.6 Å². The van der Waals surface area contributed by atoms with Crippen LogP contribution < -0.4 is 10.6 Å². The molecule has 5 nitrogen and oxygen atoms in total. The van der Waals surface area contributed by atoms with Crippen LogP contribution in [0.25, 0.3) is 0 Å². The molecule has 0 atom stereocenters. The van der Waals surface area contributed by atoms with E-state index in [1.807, 2.05) is 37.3 Å². The number of ether oxygens (including phenoxy) is 1. The molecule has 2 aromatic rings. The van der Waals surface area contributed by atoms with Crippen LogP contribution in [-0.2, 0) is 11.3 Å². The number of urea groups is 1. The first kappa shape index (κ1) is 14.5. The Morgan fingerprint density at radius 1 is 1.35 bits per heavy atom. The van der Waals surface area contributed by atoms with E-state index in [4.69, 9.17) is 4.74 Å². The van der Waals surface area contributed by atoms with Crippen molar-refractivity contribution in [3.05, 3.63) is 47.0 Å². The van der Waals surface area contributed by atoms with Crippen LogP contribution in [0.1, 0.15) is 10.4 Å². The van der Waals surface area contributed by atoms with Crippen LogP contribution in [-0.4, -0.2) is 24.2 Å². The standard InChI is InChI=1S/C14H17N3O2S/c1-11-9-16-14(20-11)17-13(18)15-7-8-19-10-12-5-3-2-4-6-12/h2-6,9H,7-8,10H2,1H3,(H2,15,16,17,18). The number of nitrogens with zero attached hydrogens (tertiary/aromatic N) is 1. The molecule has 20 heavy (non-hydrogen) atoms. The van der Waals surface area contributed by atoms with Gasteiger partial charge in [0.05, 0.1) is 13.2 Å². The number of nitrogens with one attached hydrogen (secondary N) is 2. The highest BCUT2D eigenvalue weighted by atomic mass is 32.1. The predicted octanol–water partition coefficient (Wildman–Crippen LogP) is 2.79. The lowest BCUT2D eigenvalue weighted by atomic mass is 10.2. The summed E-state index contributed by atoms with van der Waals surface area (Å²) >= 11 is 1.44. The Morgan fingerprint density at radius 2 is 2.15 bits per heavy atom. The maximum absolute atomic E-state index is 11.5. The quantitative estimate of drug-likeness (QED) is 0.804. The molecule has 106 valence electrons. The lowest BCUT2D eigenvalue weighted by molar-refractivity contribution is 0.124. The van der Waals surface area contributed by atoms with Gasteiger partial charge in [0.15, 0.2) is 5.13 Å². The van der Waals surface area contributed by atoms with Crippen LogP contribution >= 0.6 is 11.3 Å². The van der Waals surface area contributed by atoms with Gasteiger partial charge < -0.3 is 10.1 Å². The summed E-state index contributed by atoms with van der Waals surface area (Å²) < 4.78 is 5.47. The third-order valence-corrected chi connectivity index (χ3v) is 3.31.